The SMILES string of the molecule is CCOc1cc(N(C)Cc2cccs2)ccc1N. The smallest absolute Gasteiger partial charge is 0.144 e. The summed E-state index contributed by atoms with van der Waals surface area (Å²) in [5, 5.41) is 2.10. The topological polar surface area (TPSA) is 38.5 Å². The van der Waals surface area contributed by atoms with Gasteiger partial charge in [0.15, 0.2) is 0 Å². The minimum Gasteiger partial charge on any atom is -0.492 e. The Kier molecular flexibility index (Phi) is 4.10. The van der Waals surface area contributed by atoms with Gasteiger partial charge in [0.05, 0.1) is 18.8 Å². The van der Waals surface area contributed by atoms with Crippen molar-refractivity contribution in [2.24, 2.45) is 0 Å². The molecule has 0 fully saturated rings. The quantitative estimate of drug-likeness (QED) is 0.840. The van der Waals surface area contributed by atoms with Crippen LogP contribution in [0.15, 0.2) is 35.7 Å². The van der Waals surface area contributed by atoms with Crippen LogP contribution in [-0.4, -0.2) is 13.7 Å². The molecule has 0 spiro atoms. The molecule has 3 nitrogen and oxygen atoms in total. The van der Waals surface area contributed by atoms with Gasteiger partial charge >= 0.3 is 0 Å². The van der Waals surface area contributed by atoms with Crippen LogP contribution in [0, 0.1) is 0 Å². The summed E-state index contributed by atoms with van der Waals surface area (Å²) in [6.07, 6.45) is 0. The highest BCUT2D eigenvalue weighted by molar-refractivity contribution is 7.09. The number of nitrogen functional groups attached to an aromatic ring is 1. The Balaban J connectivity index is 2.14. The van der Waals surface area contributed by atoms with E-state index in [0.717, 1.165) is 18.0 Å². The summed E-state index contributed by atoms with van der Waals surface area (Å²) >= 11 is 1.77. The van der Waals surface area contributed by atoms with Gasteiger partial charge in [0, 0.05) is 23.7 Å². The van der Waals surface area contributed by atoms with Gasteiger partial charge in [0.1, 0.15) is 5.75 Å². The maximum Gasteiger partial charge on any atom is 0.144 e. The molecule has 0 saturated heterocycles. The third-order valence-corrected chi connectivity index (χ3v) is 3.57. The molecule has 4 heteroatoms. The third kappa shape index (κ3) is 2.96. The first kappa shape index (κ1) is 12.8. The van der Waals surface area contributed by atoms with Gasteiger partial charge in [-0.25, -0.2) is 0 Å². The Labute approximate surface area is 112 Å². The molecule has 1 heterocycles. The lowest BCUT2D eigenvalue weighted by molar-refractivity contribution is 0.342. The van der Waals surface area contributed by atoms with Crippen LogP contribution in [0.1, 0.15) is 11.8 Å². The summed E-state index contributed by atoms with van der Waals surface area (Å²) in [4.78, 5) is 3.53. The van der Waals surface area contributed by atoms with Crippen LogP contribution in [0.2, 0.25) is 0 Å². The Hall–Kier alpha value is -1.68. The number of benzene rings is 1. The average Bonchev–Trinajstić information content (AvgIpc) is 2.85. The number of ether oxygens (including phenoxy) is 1. The van der Waals surface area contributed by atoms with Gasteiger partial charge in [-0.05, 0) is 30.5 Å². The van der Waals surface area contributed by atoms with Crippen molar-refractivity contribution in [1.82, 2.24) is 0 Å². The molecule has 0 atom stereocenters. The van der Waals surface area contributed by atoms with Crippen LogP contribution in [-0.2, 0) is 6.54 Å². The highest BCUT2D eigenvalue weighted by Gasteiger charge is 2.06. The fourth-order valence-electron chi connectivity index (χ4n) is 1.77. The predicted molar refractivity (Wildman–Crippen MR) is 78.4 cm³/mol. The molecule has 0 aliphatic rings. The summed E-state index contributed by atoms with van der Waals surface area (Å²) in [5.74, 6) is 0.757. The van der Waals surface area contributed by atoms with Gasteiger partial charge in [-0.15, -0.1) is 11.3 Å². The van der Waals surface area contributed by atoms with Crippen molar-refractivity contribution in [3.05, 3.63) is 40.6 Å². The highest BCUT2D eigenvalue weighted by Crippen LogP contribution is 2.28. The van der Waals surface area contributed by atoms with E-state index in [9.17, 15) is 0 Å². The molecule has 18 heavy (non-hydrogen) atoms. The van der Waals surface area contributed by atoms with E-state index in [1.807, 2.05) is 25.1 Å². The Bertz CT molecular complexity index is 497. The van der Waals surface area contributed by atoms with Crippen LogP contribution in [0.4, 0.5) is 11.4 Å². The van der Waals surface area contributed by atoms with Gasteiger partial charge in [-0.2, -0.15) is 0 Å². The minimum absolute atomic E-state index is 0.627. The van der Waals surface area contributed by atoms with Crippen molar-refractivity contribution in [1.29, 1.82) is 0 Å². The molecule has 1 aromatic carbocycles. The number of anilines is 2. The molecule has 0 radical (unpaired) electrons. The van der Waals surface area contributed by atoms with Crippen LogP contribution in [0.3, 0.4) is 0 Å². The second kappa shape index (κ2) is 5.78. The first-order chi connectivity index (χ1) is 8.70. The Morgan fingerprint density at radius 2 is 2.17 bits per heavy atom. The van der Waals surface area contributed by atoms with Crippen LogP contribution < -0.4 is 15.4 Å². The lowest BCUT2D eigenvalue weighted by Crippen LogP contribution is -2.15. The summed E-state index contributed by atoms with van der Waals surface area (Å²) in [5.41, 5.74) is 7.67. The van der Waals surface area contributed by atoms with E-state index in [1.54, 1.807) is 11.3 Å². The fourth-order valence-corrected chi connectivity index (χ4v) is 2.53. The summed E-state index contributed by atoms with van der Waals surface area (Å²) < 4.78 is 5.51. The lowest BCUT2D eigenvalue weighted by atomic mass is 10.2. The maximum atomic E-state index is 5.87. The first-order valence-corrected chi connectivity index (χ1v) is 6.84. The van der Waals surface area contributed by atoms with E-state index >= 15 is 0 Å². The van der Waals surface area contributed by atoms with Gasteiger partial charge in [0.25, 0.3) is 0 Å². The molecular weight excluding hydrogens is 244 g/mol. The summed E-state index contributed by atoms with van der Waals surface area (Å²) in [6, 6.07) is 10.1. The van der Waals surface area contributed by atoms with Crippen molar-refractivity contribution in [2.75, 3.05) is 24.3 Å². The van der Waals surface area contributed by atoms with Crippen LogP contribution in [0.25, 0.3) is 0 Å². The van der Waals surface area contributed by atoms with E-state index in [1.165, 1.54) is 4.88 Å². The molecule has 1 aromatic heterocycles. The van der Waals surface area contributed by atoms with Crippen molar-refractivity contribution < 1.29 is 4.74 Å². The molecule has 0 aliphatic carbocycles. The fraction of sp³-hybridized carbons (Fsp3) is 0.286. The van der Waals surface area contributed by atoms with E-state index in [2.05, 4.69) is 29.5 Å². The monoisotopic (exact) mass is 262 g/mol. The van der Waals surface area contributed by atoms with Gasteiger partial charge in [-0.1, -0.05) is 6.07 Å². The van der Waals surface area contributed by atoms with E-state index in [4.69, 9.17) is 10.5 Å². The largest absolute Gasteiger partial charge is 0.492 e. The number of thiophene rings is 1. The normalized spacial score (nSPS) is 10.3. The molecular formula is C14H18N2OS. The van der Waals surface area contributed by atoms with E-state index in [0.29, 0.717) is 12.3 Å². The number of nitrogens with two attached hydrogens (primary N) is 1. The second-order valence-electron chi connectivity index (χ2n) is 4.09. The molecule has 0 bridgehead atoms. The van der Waals surface area contributed by atoms with Gasteiger partial charge < -0.3 is 15.4 Å². The van der Waals surface area contributed by atoms with E-state index in [-0.39, 0.29) is 0 Å². The number of hydrogen-bond donors (Lipinski definition) is 1. The zero-order valence-corrected chi connectivity index (χ0v) is 11.5. The highest BCUT2D eigenvalue weighted by atomic mass is 32.1. The minimum atomic E-state index is 0.627. The number of hydrogen-bond acceptors (Lipinski definition) is 4. The zero-order valence-electron chi connectivity index (χ0n) is 10.7. The summed E-state index contributed by atoms with van der Waals surface area (Å²) in [6.45, 7) is 3.48. The first-order valence-electron chi connectivity index (χ1n) is 5.96. The molecule has 0 amide bonds. The van der Waals surface area contributed by atoms with Crippen molar-refractivity contribution >= 4 is 22.7 Å². The Morgan fingerprint density at radius 3 is 2.83 bits per heavy atom. The Morgan fingerprint density at radius 1 is 1.33 bits per heavy atom. The molecule has 0 saturated carbocycles. The van der Waals surface area contributed by atoms with Crippen LogP contribution in [0.5, 0.6) is 5.75 Å². The maximum absolute atomic E-state index is 5.87. The second-order valence-corrected chi connectivity index (χ2v) is 5.12. The summed E-state index contributed by atoms with van der Waals surface area (Å²) in [7, 11) is 2.07. The molecule has 96 valence electrons. The number of nitrogens with zero attached hydrogens (tertiary/aromatic N) is 1. The van der Waals surface area contributed by atoms with Crippen LogP contribution >= 0.6 is 11.3 Å². The molecule has 0 aliphatic heterocycles. The predicted octanol–water partition coefficient (Wildman–Crippen LogP) is 3.37. The number of rotatable bonds is 5. The molecule has 2 rings (SSSR count). The third-order valence-electron chi connectivity index (χ3n) is 2.71. The molecule has 2 aromatic rings. The lowest BCUT2D eigenvalue weighted by Gasteiger charge is -2.20. The zero-order chi connectivity index (χ0) is 13.0. The van der Waals surface area contributed by atoms with Crippen molar-refractivity contribution in [3.8, 4) is 5.75 Å². The standard InChI is InChI=1S/C14H18N2OS/c1-3-17-14-9-11(6-7-13(14)15)16(2)10-12-5-4-8-18-12/h4-9H,3,10,15H2,1-2H3. The molecule has 2 N–H and O–H groups in total. The average molecular weight is 262 g/mol. The van der Waals surface area contributed by atoms with E-state index < -0.39 is 0 Å². The van der Waals surface area contributed by atoms with Gasteiger partial charge in [0.2, 0.25) is 0 Å². The van der Waals surface area contributed by atoms with Gasteiger partial charge in [-0.3, -0.25) is 0 Å². The van der Waals surface area contributed by atoms with Crippen molar-refractivity contribution in [2.45, 2.75) is 13.5 Å². The molecule has 0 unspecified atom stereocenters. The van der Waals surface area contributed by atoms with Crippen molar-refractivity contribution in [3.63, 3.8) is 0 Å².